The lowest BCUT2D eigenvalue weighted by molar-refractivity contribution is -0.127. The highest BCUT2D eigenvalue weighted by molar-refractivity contribution is 6.34. The Morgan fingerprint density at radius 2 is 1.84 bits per heavy atom. The van der Waals surface area contributed by atoms with E-state index in [-0.39, 0.29) is 19.1 Å². The van der Waals surface area contributed by atoms with Crippen LogP contribution in [0, 0.1) is 0 Å². The summed E-state index contributed by atoms with van der Waals surface area (Å²) in [6.07, 6.45) is 0.461. The lowest BCUT2D eigenvalue weighted by atomic mass is 10.1. The second kappa shape index (κ2) is 7.76. The van der Waals surface area contributed by atoms with Gasteiger partial charge in [0.25, 0.3) is 5.91 Å². The summed E-state index contributed by atoms with van der Waals surface area (Å²) in [4.78, 5) is 25.6. The number of amides is 3. The second-order valence-corrected chi connectivity index (χ2v) is 6.45. The van der Waals surface area contributed by atoms with E-state index < -0.39 is 12.1 Å². The average molecular weight is 379 g/mol. The Bertz CT molecular complexity index is 783. The van der Waals surface area contributed by atoms with Crippen molar-refractivity contribution in [1.29, 1.82) is 0 Å². The number of carbonyl (C=O) groups is 2. The predicted molar refractivity (Wildman–Crippen MR) is 96.1 cm³/mol. The van der Waals surface area contributed by atoms with Gasteiger partial charge in [-0.25, -0.2) is 4.79 Å². The fourth-order valence-corrected chi connectivity index (χ4v) is 2.95. The third kappa shape index (κ3) is 4.24. The van der Waals surface area contributed by atoms with E-state index in [0.29, 0.717) is 22.2 Å². The first-order valence-electron chi connectivity index (χ1n) is 7.78. The zero-order chi connectivity index (χ0) is 17.8. The molecule has 5 nitrogen and oxygen atoms in total. The van der Waals surface area contributed by atoms with Crippen molar-refractivity contribution in [3.05, 3.63) is 64.1 Å². The molecule has 3 rings (SSSR count). The van der Waals surface area contributed by atoms with E-state index in [2.05, 4.69) is 5.32 Å². The van der Waals surface area contributed by atoms with Crippen molar-refractivity contribution in [1.82, 2.24) is 10.2 Å². The summed E-state index contributed by atoms with van der Waals surface area (Å²) in [5, 5.41) is 3.62. The fourth-order valence-electron chi connectivity index (χ4n) is 2.61. The Kier molecular flexibility index (Phi) is 5.46. The Balaban J connectivity index is 1.57. The van der Waals surface area contributed by atoms with Gasteiger partial charge in [-0.05, 0) is 17.7 Å². The first kappa shape index (κ1) is 17.6. The molecule has 130 valence electrons. The Morgan fingerprint density at radius 1 is 1.08 bits per heavy atom. The van der Waals surface area contributed by atoms with Crippen LogP contribution >= 0.6 is 23.2 Å². The summed E-state index contributed by atoms with van der Waals surface area (Å²) in [5.41, 5.74) is 0.991. The third-order valence-corrected chi connectivity index (χ3v) is 4.40. The molecule has 1 saturated heterocycles. The van der Waals surface area contributed by atoms with E-state index in [1.807, 2.05) is 30.3 Å². The van der Waals surface area contributed by atoms with E-state index in [1.165, 1.54) is 0 Å². The number of ether oxygens (including phenoxy) is 1. The first-order chi connectivity index (χ1) is 12.0. The molecule has 2 aromatic rings. The minimum absolute atomic E-state index is 0.136. The van der Waals surface area contributed by atoms with E-state index in [0.717, 1.165) is 10.5 Å². The van der Waals surface area contributed by atoms with Crippen LogP contribution in [0.5, 0.6) is 5.75 Å². The van der Waals surface area contributed by atoms with Gasteiger partial charge in [0.15, 0.2) is 0 Å². The van der Waals surface area contributed by atoms with Gasteiger partial charge in [0.05, 0.1) is 11.6 Å². The number of hydrogen-bond donors (Lipinski definition) is 1. The highest BCUT2D eigenvalue weighted by Gasteiger charge is 2.37. The molecule has 0 saturated carbocycles. The largest absolute Gasteiger partial charge is 0.490 e. The van der Waals surface area contributed by atoms with Crippen LogP contribution in [0.1, 0.15) is 5.56 Å². The van der Waals surface area contributed by atoms with Crippen LogP contribution < -0.4 is 10.1 Å². The third-order valence-electron chi connectivity index (χ3n) is 3.86. The second-order valence-electron chi connectivity index (χ2n) is 5.60. The maximum atomic E-state index is 12.4. The topological polar surface area (TPSA) is 58.6 Å². The van der Waals surface area contributed by atoms with Gasteiger partial charge in [0.1, 0.15) is 18.4 Å². The van der Waals surface area contributed by atoms with Gasteiger partial charge >= 0.3 is 6.03 Å². The first-order valence-corrected chi connectivity index (χ1v) is 8.54. The van der Waals surface area contributed by atoms with Gasteiger partial charge in [-0.15, -0.1) is 0 Å². The molecule has 1 heterocycles. The molecule has 0 bridgehead atoms. The molecule has 1 aliphatic heterocycles. The monoisotopic (exact) mass is 378 g/mol. The molecule has 7 heteroatoms. The lowest BCUT2D eigenvalue weighted by Crippen LogP contribution is -2.35. The van der Waals surface area contributed by atoms with Gasteiger partial charge in [0, 0.05) is 17.5 Å². The molecule has 2 aromatic carbocycles. The molecular formula is C18H16Cl2N2O3. The van der Waals surface area contributed by atoms with Gasteiger partial charge in [-0.2, -0.15) is 0 Å². The molecule has 0 spiro atoms. The number of carbonyl (C=O) groups excluding carboxylic acids is 2. The van der Waals surface area contributed by atoms with Crippen molar-refractivity contribution in [2.75, 3.05) is 13.2 Å². The zero-order valence-electron chi connectivity index (χ0n) is 13.2. The molecule has 0 aromatic heterocycles. The summed E-state index contributed by atoms with van der Waals surface area (Å²) in [6, 6.07) is 13.5. The van der Waals surface area contributed by atoms with Crippen molar-refractivity contribution in [2.45, 2.75) is 12.5 Å². The molecule has 1 fully saturated rings. The Hall–Kier alpha value is -2.24. The van der Waals surface area contributed by atoms with Crippen molar-refractivity contribution >= 4 is 35.1 Å². The highest BCUT2D eigenvalue weighted by atomic mass is 35.5. The van der Waals surface area contributed by atoms with Crippen LogP contribution in [-0.2, 0) is 11.2 Å². The quantitative estimate of drug-likeness (QED) is 0.782. The Labute approximate surface area is 155 Å². The molecule has 1 N–H and O–H groups in total. The van der Waals surface area contributed by atoms with Crippen LogP contribution in [0.25, 0.3) is 0 Å². The fraction of sp³-hybridized carbons (Fsp3) is 0.222. The maximum Gasteiger partial charge on any atom is 0.324 e. The van der Waals surface area contributed by atoms with Crippen LogP contribution in [-0.4, -0.2) is 36.0 Å². The molecule has 25 heavy (non-hydrogen) atoms. The van der Waals surface area contributed by atoms with Crippen molar-refractivity contribution in [3.8, 4) is 5.75 Å². The van der Waals surface area contributed by atoms with E-state index in [9.17, 15) is 9.59 Å². The van der Waals surface area contributed by atoms with Gasteiger partial charge in [-0.1, -0.05) is 53.5 Å². The number of nitrogens with zero attached hydrogens (tertiary/aromatic N) is 1. The number of benzene rings is 2. The molecule has 0 radical (unpaired) electrons. The van der Waals surface area contributed by atoms with Gasteiger partial charge in [0.2, 0.25) is 0 Å². The molecule has 0 aliphatic carbocycles. The number of imide groups is 1. The Morgan fingerprint density at radius 3 is 2.60 bits per heavy atom. The highest BCUT2D eigenvalue weighted by Crippen LogP contribution is 2.27. The summed E-state index contributed by atoms with van der Waals surface area (Å²) in [5.74, 6) is 0.164. The average Bonchev–Trinajstić information content (AvgIpc) is 2.86. The maximum absolute atomic E-state index is 12.4. The van der Waals surface area contributed by atoms with Crippen LogP contribution in [0.15, 0.2) is 48.5 Å². The number of halogens is 2. The van der Waals surface area contributed by atoms with Crippen molar-refractivity contribution in [3.63, 3.8) is 0 Å². The summed E-state index contributed by atoms with van der Waals surface area (Å²) in [7, 11) is 0. The standard InChI is InChI=1S/C18H16Cl2N2O3/c19-13-6-7-14(20)16(11-13)25-9-8-22-17(23)15(21-18(22)24)10-12-4-2-1-3-5-12/h1-7,11,15H,8-10H2,(H,21,24). The van der Waals surface area contributed by atoms with Crippen LogP contribution in [0.3, 0.4) is 0 Å². The molecular weight excluding hydrogens is 363 g/mol. The van der Waals surface area contributed by atoms with Crippen molar-refractivity contribution < 1.29 is 14.3 Å². The summed E-state index contributed by atoms with van der Waals surface area (Å²) in [6.45, 7) is 0.274. The van der Waals surface area contributed by atoms with Gasteiger partial charge in [-0.3, -0.25) is 9.69 Å². The number of hydrogen-bond acceptors (Lipinski definition) is 3. The zero-order valence-corrected chi connectivity index (χ0v) is 14.8. The van der Waals surface area contributed by atoms with Crippen LogP contribution in [0.2, 0.25) is 10.0 Å². The molecule has 1 unspecified atom stereocenters. The van der Waals surface area contributed by atoms with Gasteiger partial charge < -0.3 is 10.1 Å². The predicted octanol–water partition coefficient (Wildman–Crippen LogP) is 3.54. The van der Waals surface area contributed by atoms with E-state index in [4.69, 9.17) is 27.9 Å². The SMILES string of the molecule is O=C1NC(Cc2ccccc2)C(=O)N1CCOc1cc(Cl)ccc1Cl. The minimum Gasteiger partial charge on any atom is -0.490 e. The number of rotatable bonds is 6. The van der Waals surface area contributed by atoms with Crippen molar-refractivity contribution in [2.24, 2.45) is 0 Å². The number of urea groups is 1. The number of nitrogens with one attached hydrogen (secondary N) is 1. The smallest absolute Gasteiger partial charge is 0.324 e. The van der Waals surface area contributed by atoms with E-state index >= 15 is 0 Å². The lowest BCUT2D eigenvalue weighted by Gasteiger charge is -2.14. The summed E-state index contributed by atoms with van der Waals surface area (Å²) < 4.78 is 5.54. The molecule has 3 amide bonds. The molecule has 1 atom stereocenters. The van der Waals surface area contributed by atoms with E-state index in [1.54, 1.807) is 18.2 Å². The molecule has 1 aliphatic rings. The normalized spacial score (nSPS) is 16.9. The minimum atomic E-state index is -0.551. The van der Waals surface area contributed by atoms with Crippen LogP contribution in [0.4, 0.5) is 4.79 Å². The summed E-state index contributed by atoms with van der Waals surface area (Å²) >= 11 is 11.9.